The Kier molecular flexibility index (Phi) is 4.28. The second-order valence-corrected chi connectivity index (χ2v) is 5.78. The lowest BCUT2D eigenvalue weighted by molar-refractivity contribution is 0.0779. The molecule has 0 fully saturated rings. The fourth-order valence-corrected chi connectivity index (χ4v) is 3.41. The van der Waals surface area contributed by atoms with Crippen molar-refractivity contribution in [3.05, 3.63) is 22.2 Å². The van der Waals surface area contributed by atoms with Crippen LogP contribution in [0.4, 0.5) is 5.69 Å². The van der Waals surface area contributed by atoms with Gasteiger partial charge in [-0.15, -0.1) is 11.3 Å². The molecule has 2 aromatic rings. The second-order valence-electron chi connectivity index (χ2n) is 4.78. The number of amides is 1. The SMILES string of the molecule is CCc1nc2sc(C(=O)N(CC)CC)c(N)c2cc1C. The Bertz CT molecular complexity index is 644. The number of aromatic nitrogens is 1. The molecule has 2 aromatic heterocycles. The molecule has 4 nitrogen and oxygen atoms in total. The van der Waals surface area contributed by atoms with Gasteiger partial charge in [0.2, 0.25) is 0 Å². The van der Waals surface area contributed by atoms with Crippen molar-refractivity contribution in [3.63, 3.8) is 0 Å². The van der Waals surface area contributed by atoms with E-state index in [0.717, 1.165) is 27.9 Å². The van der Waals surface area contributed by atoms with Crippen LogP contribution in [0.1, 0.15) is 41.7 Å². The van der Waals surface area contributed by atoms with E-state index in [2.05, 4.69) is 11.9 Å². The van der Waals surface area contributed by atoms with Gasteiger partial charge in [0.15, 0.2) is 0 Å². The van der Waals surface area contributed by atoms with E-state index in [9.17, 15) is 4.79 Å². The van der Waals surface area contributed by atoms with Gasteiger partial charge in [-0.05, 0) is 38.8 Å². The van der Waals surface area contributed by atoms with Crippen molar-refractivity contribution >= 4 is 33.1 Å². The first-order chi connectivity index (χ1) is 9.53. The van der Waals surface area contributed by atoms with Gasteiger partial charge in [0.25, 0.3) is 5.91 Å². The highest BCUT2D eigenvalue weighted by molar-refractivity contribution is 7.21. The highest BCUT2D eigenvalue weighted by atomic mass is 32.1. The van der Waals surface area contributed by atoms with Crippen LogP contribution in [0.25, 0.3) is 10.2 Å². The molecule has 0 aromatic carbocycles. The number of rotatable bonds is 4. The predicted octanol–water partition coefficient (Wildman–Crippen LogP) is 3.23. The molecule has 0 atom stereocenters. The molecule has 0 aliphatic rings. The summed E-state index contributed by atoms with van der Waals surface area (Å²) < 4.78 is 0. The number of hydrogen-bond donors (Lipinski definition) is 1. The quantitative estimate of drug-likeness (QED) is 0.940. The lowest BCUT2D eigenvalue weighted by Crippen LogP contribution is -2.30. The van der Waals surface area contributed by atoms with Gasteiger partial charge in [-0.1, -0.05) is 6.92 Å². The van der Waals surface area contributed by atoms with Crippen LogP contribution >= 0.6 is 11.3 Å². The molecule has 0 aliphatic carbocycles. The molecule has 2 rings (SSSR count). The zero-order valence-electron chi connectivity index (χ0n) is 12.5. The summed E-state index contributed by atoms with van der Waals surface area (Å²) in [6, 6.07) is 2.05. The molecule has 0 bridgehead atoms. The maximum atomic E-state index is 12.5. The molecular formula is C15H21N3OS. The minimum absolute atomic E-state index is 0.00574. The number of carbonyl (C=O) groups excluding carboxylic acids is 1. The highest BCUT2D eigenvalue weighted by Gasteiger charge is 2.21. The van der Waals surface area contributed by atoms with Gasteiger partial charge in [-0.25, -0.2) is 4.98 Å². The smallest absolute Gasteiger partial charge is 0.266 e. The summed E-state index contributed by atoms with van der Waals surface area (Å²) in [6.07, 6.45) is 0.888. The van der Waals surface area contributed by atoms with Crippen molar-refractivity contribution in [1.29, 1.82) is 0 Å². The van der Waals surface area contributed by atoms with E-state index < -0.39 is 0 Å². The zero-order valence-corrected chi connectivity index (χ0v) is 13.3. The third-order valence-corrected chi connectivity index (χ3v) is 4.70. The minimum Gasteiger partial charge on any atom is -0.397 e. The number of nitrogens with two attached hydrogens (primary N) is 1. The minimum atomic E-state index is 0.00574. The number of nitrogen functional groups attached to an aromatic ring is 1. The first-order valence-corrected chi connectivity index (χ1v) is 7.82. The van der Waals surface area contributed by atoms with Gasteiger partial charge in [0.1, 0.15) is 9.71 Å². The van der Waals surface area contributed by atoms with Gasteiger partial charge in [-0.3, -0.25) is 4.79 Å². The van der Waals surface area contributed by atoms with E-state index in [1.807, 2.05) is 26.8 Å². The lowest BCUT2D eigenvalue weighted by atomic mass is 10.1. The van der Waals surface area contributed by atoms with Crippen LogP contribution in [0.15, 0.2) is 6.07 Å². The Morgan fingerprint density at radius 3 is 2.55 bits per heavy atom. The largest absolute Gasteiger partial charge is 0.397 e. The van der Waals surface area contributed by atoms with Crippen LogP contribution in [0.3, 0.4) is 0 Å². The van der Waals surface area contributed by atoms with E-state index in [0.29, 0.717) is 23.7 Å². The number of carbonyl (C=O) groups is 1. The Balaban J connectivity index is 2.56. The Morgan fingerprint density at radius 1 is 1.35 bits per heavy atom. The maximum Gasteiger partial charge on any atom is 0.266 e. The molecular weight excluding hydrogens is 270 g/mol. The van der Waals surface area contributed by atoms with Crippen LogP contribution in [0.2, 0.25) is 0 Å². The van der Waals surface area contributed by atoms with E-state index in [1.165, 1.54) is 11.3 Å². The fraction of sp³-hybridized carbons (Fsp3) is 0.467. The molecule has 0 unspecified atom stereocenters. The number of pyridine rings is 1. The van der Waals surface area contributed by atoms with E-state index in [1.54, 1.807) is 4.90 Å². The Hall–Kier alpha value is -1.62. The van der Waals surface area contributed by atoms with Gasteiger partial charge in [0.05, 0.1) is 5.69 Å². The third kappa shape index (κ3) is 2.38. The van der Waals surface area contributed by atoms with Crippen LogP contribution in [-0.4, -0.2) is 28.9 Å². The van der Waals surface area contributed by atoms with Crippen LogP contribution in [-0.2, 0) is 6.42 Å². The monoisotopic (exact) mass is 291 g/mol. The summed E-state index contributed by atoms with van der Waals surface area (Å²) in [5.74, 6) is 0.00574. The average molecular weight is 291 g/mol. The van der Waals surface area contributed by atoms with Gasteiger partial charge in [0, 0.05) is 24.2 Å². The predicted molar refractivity (Wildman–Crippen MR) is 85.4 cm³/mol. The average Bonchev–Trinajstić information content (AvgIpc) is 2.76. The van der Waals surface area contributed by atoms with E-state index in [-0.39, 0.29) is 5.91 Å². The first-order valence-electron chi connectivity index (χ1n) is 7.01. The van der Waals surface area contributed by atoms with Crippen molar-refractivity contribution in [2.75, 3.05) is 18.8 Å². The summed E-state index contributed by atoms with van der Waals surface area (Å²) >= 11 is 1.40. The molecule has 0 aliphatic heterocycles. The first kappa shape index (κ1) is 14.8. The van der Waals surface area contributed by atoms with Gasteiger partial charge < -0.3 is 10.6 Å². The summed E-state index contributed by atoms with van der Waals surface area (Å²) in [5.41, 5.74) is 8.94. The standard InChI is InChI=1S/C15H21N3OS/c1-5-11-9(4)8-10-12(16)13(20-14(10)17-11)15(19)18(6-2)7-3/h8H,5-7,16H2,1-4H3. The van der Waals surface area contributed by atoms with Crippen molar-refractivity contribution in [2.45, 2.75) is 34.1 Å². The van der Waals surface area contributed by atoms with Crippen molar-refractivity contribution in [1.82, 2.24) is 9.88 Å². The Labute approximate surface area is 123 Å². The van der Waals surface area contributed by atoms with Crippen molar-refractivity contribution < 1.29 is 4.79 Å². The molecule has 108 valence electrons. The zero-order chi connectivity index (χ0) is 14.9. The number of anilines is 1. The molecule has 0 saturated heterocycles. The topological polar surface area (TPSA) is 59.2 Å². The van der Waals surface area contributed by atoms with Crippen molar-refractivity contribution in [3.8, 4) is 0 Å². The van der Waals surface area contributed by atoms with Crippen LogP contribution < -0.4 is 5.73 Å². The number of fused-ring (bicyclic) bond motifs is 1. The molecule has 2 heterocycles. The summed E-state index contributed by atoms with van der Waals surface area (Å²) in [7, 11) is 0. The molecule has 2 N–H and O–H groups in total. The van der Waals surface area contributed by atoms with E-state index >= 15 is 0 Å². The van der Waals surface area contributed by atoms with Crippen molar-refractivity contribution in [2.24, 2.45) is 0 Å². The molecule has 5 heteroatoms. The summed E-state index contributed by atoms with van der Waals surface area (Å²) in [5, 5.41) is 0.903. The number of nitrogens with zero attached hydrogens (tertiary/aromatic N) is 2. The molecule has 0 spiro atoms. The molecule has 0 radical (unpaired) electrons. The highest BCUT2D eigenvalue weighted by Crippen LogP contribution is 2.34. The number of hydrogen-bond acceptors (Lipinski definition) is 4. The van der Waals surface area contributed by atoms with Gasteiger partial charge in [-0.2, -0.15) is 0 Å². The van der Waals surface area contributed by atoms with Crippen LogP contribution in [0.5, 0.6) is 0 Å². The second kappa shape index (κ2) is 5.79. The molecule has 1 amide bonds. The maximum absolute atomic E-state index is 12.5. The third-order valence-electron chi connectivity index (χ3n) is 3.60. The summed E-state index contributed by atoms with van der Waals surface area (Å²) in [6.45, 7) is 9.45. The van der Waals surface area contributed by atoms with Crippen LogP contribution in [0, 0.1) is 6.92 Å². The normalized spacial score (nSPS) is 11.0. The fourth-order valence-electron chi connectivity index (χ4n) is 2.35. The lowest BCUT2D eigenvalue weighted by Gasteiger charge is -2.17. The molecule has 0 saturated carbocycles. The summed E-state index contributed by atoms with van der Waals surface area (Å²) in [4.78, 5) is 20.4. The van der Waals surface area contributed by atoms with Gasteiger partial charge >= 0.3 is 0 Å². The number of aryl methyl sites for hydroxylation is 2. The van der Waals surface area contributed by atoms with E-state index in [4.69, 9.17) is 5.73 Å². The molecule has 20 heavy (non-hydrogen) atoms. The number of thiophene rings is 1. The Morgan fingerprint density at radius 2 is 2.00 bits per heavy atom.